The average molecular weight is 467 g/mol. The minimum atomic E-state index is -0.944. The number of nitrogens with zero attached hydrogens (tertiary/aromatic N) is 2. The molecule has 0 saturated carbocycles. The molecular formula is C25H20Cl2N2O3. The lowest BCUT2D eigenvalue weighted by atomic mass is 9.90. The molecule has 0 spiro atoms. The first-order valence-electron chi connectivity index (χ1n) is 10.3. The van der Waals surface area contributed by atoms with Crippen LogP contribution in [0, 0.1) is 19.8 Å². The van der Waals surface area contributed by atoms with Gasteiger partial charge in [0.25, 0.3) is 5.91 Å². The van der Waals surface area contributed by atoms with Gasteiger partial charge in [-0.1, -0.05) is 65.2 Å². The van der Waals surface area contributed by atoms with Crippen molar-refractivity contribution in [1.29, 1.82) is 0 Å². The third kappa shape index (κ3) is 3.28. The minimum absolute atomic E-state index is 0.304. The van der Waals surface area contributed by atoms with Crippen molar-refractivity contribution in [3.8, 4) is 0 Å². The van der Waals surface area contributed by atoms with Crippen molar-refractivity contribution < 1.29 is 14.4 Å². The van der Waals surface area contributed by atoms with E-state index in [2.05, 4.69) is 0 Å². The van der Waals surface area contributed by atoms with Crippen LogP contribution in [0.25, 0.3) is 0 Å². The largest absolute Gasteiger partial charge is 0.273 e. The number of amides is 2. The molecule has 5 nitrogen and oxygen atoms in total. The van der Waals surface area contributed by atoms with Crippen LogP contribution in [-0.4, -0.2) is 17.9 Å². The van der Waals surface area contributed by atoms with Crippen LogP contribution in [0.4, 0.5) is 11.4 Å². The van der Waals surface area contributed by atoms with Crippen molar-refractivity contribution in [2.75, 3.05) is 9.96 Å². The summed E-state index contributed by atoms with van der Waals surface area (Å²) in [6.45, 7) is 3.86. The molecule has 0 unspecified atom stereocenters. The molecule has 0 radical (unpaired) electrons. The second-order valence-corrected chi connectivity index (χ2v) is 8.97. The van der Waals surface area contributed by atoms with Crippen LogP contribution in [0.5, 0.6) is 0 Å². The van der Waals surface area contributed by atoms with Gasteiger partial charge in [0.05, 0.1) is 17.4 Å². The Bertz CT molecular complexity index is 1230. The molecular weight excluding hydrogens is 447 g/mol. The van der Waals surface area contributed by atoms with Gasteiger partial charge in [-0.25, -0.2) is 9.96 Å². The zero-order valence-electron chi connectivity index (χ0n) is 17.5. The quantitative estimate of drug-likeness (QED) is 0.467. The summed E-state index contributed by atoms with van der Waals surface area (Å²) in [4.78, 5) is 34.5. The van der Waals surface area contributed by atoms with Gasteiger partial charge < -0.3 is 0 Å². The van der Waals surface area contributed by atoms with Crippen LogP contribution >= 0.6 is 23.2 Å². The number of anilines is 2. The number of fused-ring (bicyclic) bond motifs is 1. The summed E-state index contributed by atoms with van der Waals surface area (Å²) in [6.07, 6.45) is -0.944. The van der Waals surface area contributed by atoms with Crippen LogP contribution < -0.4 is 9.96 Å². The summed E-state index contributed by atoms with van der Waals surface area (Å²) in [5.74, 6) is -1.43. The predicted octanol–water partition coefficient (Wildman–Crippen LogP) is 5.66. The Hall–Kier alpha value is -2.86. The second kappa shape index (κ2) is 7.93. The number of aryl methyl sites for hydroxylation is 2. The highest BCUT2D eigenvalue weighted by molar-refractivity contribution is 6.35. The maximum atomic E-state index is 13.7. The number of benzene rings is 3. The van der Waals surface area contributed by atoms with E-state index >= 15 is 0 Å². The lowest BCUT2D eigenvalue weighted by molar-refractivity contribution is -0.126. The highest BCUT2D eigenvalue weighted by atomic mass is 35.5. The van der Waals surface area contributed by atoms with Crippen molar-refractivity contribution in [3.63, 3.8) is 0 Å². The molecule has 3 aromatic carbocycles. The van der Waals surface area contributed by atoms with Crippen LogP contribution in [-0.2, 0) is 14.4 Å². The Labute approximate surface area is 196 Å². The van der Waals surface area contributed by atoms with Crippen molar-refractivity contribution in [3.05, 3.63) is 93.5 Å². The first kappa shape index (κ1) is 21.0. The number of rotatable bonds is 3. The molecule has 2 saturated heterocycles. The fraction of sp³-hybridized carbons (Fsp3) is 0.200. The number of carbonyl (C=O) groups excluding carboxylic acids is 2. The zero-order valence-corrected chi connectivity index (χ0v) is 19.0. The third-order valence-electron chi connectivity index (χ3n) is 6.00. The Morgan fingerprint density at radius 2 is 1.62 bits per heavy atom. The van der Waals surface area contributed by atoms with Gasteiger partial charge >= 0.3 is 0 Å². The summed E-state index contributed by atoms with van der Waals surface area (Å²) in [5, 5.41) is 2.53. The van der Waals surface area contributed by atoms with Gasteiger partial charge in [0.1, 0.15) is 5.92 Å². The minimum Gasteiger partial charge on any atom is -0.273 e. The highest BCUT2D eigenvalue weighted by Gasteiger charge is 2.60. The molecule has 3 aromatic rings. The zero-order chi connectivity index (χ0) is 22.6. The molecule has 3 atom stereocenters. The van der Waals surface area contributed by atoms with Gasteiger partial charge in [0.2, 0.25) is 5.91 Å². The maximum Gasteiger partial charge on any atom is 0.266 e. The number of hydrogen-bond donors (Lipinski definition) is 0. The SMILES string of the molecule is Cc1ccc(N2C(=O)[C@H]3[C@@H](c4ccc(Cl)cc4Cl)N(c4ccccc4)O[C@H]3C2=O)c(C)c1. The standard InChI is InChI=1S/C25H20Cl2N2O3/c1-14-8-11-20(15(2)12-14)28-24(30)21-22(18-10-9-16(26)13-19(18)27)29(32-23(21)25(28)31)17-6-4-3-5-7-17/h3-13,21-23H,1-2H3/t21-,22+,23+/m0/s1. The maximum absolute atomic E-state index is 13.7. The van der Waals surface area contributed by atoms with E-state index in [0.717, 1.165) is 16.8 Å². The van der Waals surface area contributed by atoms with Crippen molar-refractivity contribution in [2.45, 2.75) is 26.0 Å². The van der Waals surface area contributed by atoms with Gasteiger partial charge in [-0.3, -0.25) is 14.4 Å². The van der Waals surface area contributed by atoms with Gasteiger partial charge in [-0.2, -0.15) is 0 Å². The summed E-state index contributed by atoms with van der Waals surface area (Å²) >= 11 is 12.7. The summed E-state index contributed by atoms with van der Waals surface area (Å²) in [5.41, 5.74) is 3.90. The number of hydrogen-bond acceptors (Lipinski definition) is 4. The number of imide groups is 1. The third-order valence-corrected chi connectivity index (χ3v) is 6.56. The second-order valence-electron chi connectivity index (χ2n) is 8.13. The first-order valence-corrected chi connectivity index (χ1v) is 11.0. The molecule has 5 rings (SSSR count). The summed E-state index contributed by atoms with van der Waals surface area (Å²) < 4.78 is 0. The molecule has 0 N–H and O–H groups in total. The molecule has 2 amide bonds. The van der Waals surface area contributed by atoms with Crippen molar-refractivity contribution in [2.24, 2.45) is 5.92 Å². The van der Waals surface area contributed by atoms with E-state index in [-0.39, 0.29) is 11.8 Å². The monoisotopic (exact) mass is 466 g/mol. The summed E-state index contributed by atoms with van der Waals surface area (Å²) in [7, 11) is 0. The molecule has 2 aliphatic rings. The molecule has 7 heteroatoms. The normalized spacial score (nSPS) is 22.6. The smallest absolute Gasteiger partial charge is 0.266 e. The number of halogens is 2. The fourth-order valence-corrected chi connectivity index (χ4v) is 5.08. The molecule has 0 aromatic heterocycles. The fourth-order valence-electron chi connectivity index (χ4n) is 4.56. The van der Waals surface area contributed by atoms with E-state index in [1.807, 2.05) is 56.3 Å². The first-order chi connectivity index (χ1) is 15.4. The molecule has 2 heterocycles. The van der Waals surface area contributed by atoms with E-state index in [4.69, 9.17) is 28.0 Å². The van der Waals surface area contributed by atoms with Crippen LogP contribution in [0.3, 0.4) is 0 Å². The predicted molar refractivity (Wildman–Crippen MR) is 125 cm³/mol. The van der Waals surface area contributed by atoms with Gasteiger partial charge in [-0.05, 0) is 55.3 Å². The number of para-hydroxylation sites is 1. The van der Waals surface area contributed by atoms with E-state index in [0.29, 0.717) is 21.3 Å². The lowest BCUT2D eigenvalue weighted by Crippen LogP contribution is -2.37. The molecule has 162 valence electrons. The Balaban J connectivity index is 1.62. The van der Waals surface area contributed by atoms with Gasteiger partial charge in [0.15, 0.2) is 6.10 Å². The molecule has 32 heavy (non-hydrogen) atoms. The Morgan fingerprint density at radius 3 is 2.31 bits per heavy atom. The van der Waals surface area contributed by atoms with Crippen LogP contribution in [0.15, 0.2) is 66.7 Å². The van der Waals surface area contributed by atoms with Crippen molar-refractivity contribution >= 4 is 46.4 Å². The van der Waals surface area contributed by atoms with E-state index < -0.39 is 18.1 Å². The molecule has 0 aliphatic carbocycles. The highest BCUT2D eigenvalue weighted by Crippen LogP contribution is 2.49. The Morgan fingerprint density at radius 1 is 0.875 bits per heavy atom. The van der Waals surface area contributed by atoms with Crippen LogP contribution in [0.2, 0.25) is 10.0 Å². The molecule has 2 fully saturated rings. The Kier molecular flexibility index (Phi) is 5.20. The van der Waals surface area contributed by atoms with Crippen molar-refractivity contribution in [1.82, 2.24) is 0 Å². The lowest BCUT2D eigenvalue weighted by Gasteiger charge is -2.29. The van der Waals surface area contributed by atoms with Gasteiger partial charge in [0, 0.05) is 10.0 Å². The number of hydroxylamine groups is 1. The number of carbonyl (C=O) groups is 2. The van der Waals surface area contributed by atoms with E-state index in [1.165, 1.54) is 4.90 Å². The molecule has 0 bridgehead atoms. The topological polar surface area (TPSA) is 49.9 Å². The van der Waals surface area contributed by atoms with E-state index in [1.54, 1.807) is 29.3 Å². The summed E-state index contributed by atoms with van der Waals surface area (Å²) in [6, 6.07) is 19.6. The molecule has 2 aliphatic heterocycles. The van der Waals surface area contributed by atoms with Gasteiger partial charge in [-0.15, -0.1) is 0 Å². The van der Waals surface area contributed by atoms with E-state index in [9.17, 15) is 9.59 Å². The average Bonchev–Trinajstić information content (AvgIpc) is 3.26. The van der Waals surface area contributed by atoms with Crippen LogP contribution in [0.1, 0.15) is 22.7 Å².